The van der Waals surface area contributed by atoms with E-state index >= 15 is 0 Å². The number of anilines is 1. The number of rotatable bonds is 6. The Balaban J connectivity index is 2.13. The molecule has 0 saturated heterocycles. The third-order valence-electron chi connectivity index (χ3n) is 2.77. The first-order valence-electron chi connectivity index (χ1n) is 6.01. The first-order chi connectivity index (χ1) is 9.96. The van der Waals surface area contributed by atoms with Gasteiger partial charge in [0.2, 0.25) is 10.0 Å². The summed E-state index contributed by atoms with van der Waals surface area (Å²) in [7, 11) is -0.485. The fourth-order valence-electron chi connectivity index (χ4n) is 1.71. The van der Waals surface area contributed by atoms with Gasteiger partial charge in [-0.3, -0.25) is 0 Å². The number of ether oxygens (including phenoxy) is 2. The van der Waals surface area contributed by atoms with Crippen molar-refractivity contribution in [2.24, 2.45) is 0 Å². The van der Waals surface area contributed by atoms with E-state index < -0.39 is 10.0 Å². The lowest BCUT2D eigenvalue weighted by molar-refractivity contribution is 0.354. The van der Waals surface area contributed by atoms with Crippen LogP contribution in [0.3, 0.4) is 0 Å². The summed E-state index contributed by atoms with van der Waals surface area (Å²) < 4.78 is 37.2. The normalized spacial score (nSPS) is 11.3. The summed E-state index contributed by atoms with van der Waals surface area (Å²) in [6, 6.07) is 6.66. The van der Waals surface area contributed by atoms with Gasteiger partial charge in [-0.05, 0) is 23.8 Å². The number of sulfonamides is 1. The molecule has 21 heavy (non-hydrogen) atoms. The lowest BCUT2D eigenvalue weighted by atomic mass is 10.2. The second-order valence-electron chi connectivity index (χ2n) is 4.21. The highest BCUT2D eigenvalue weighted by Gasteiger charge is 2.16. The average Bonchev–Trinajstić information content (AvgIpc) is 2.92. The van der Waals surface area contributed by atoms with Gasteiger partial charge in [-0.1, -0.05) is 6.07 Å². The zero-order valence-electron chi connectivity index (χ0n) is 11.6. The SMILES string of the molecule is COc1ccc(CNS(=O)(=O)c2cc(N)cs2)cc1OC. The molecule has 1 aromatic carbocycles. The summed E-state index contributed by atoms with van der Waals surface area (Å²) >= 11 is 1.09. The van der Waals surface area contributed by atoms with Gasteiger partial charge in [-0.2, -0.15) is 0 Å². The lowest BCUT2D eigenvalue weighted by Crippen LogP contribution is -2.22. The number of nitrogens with two attached hydrogens (primary N) is 1. The van der Waals surface area contributed by atoms with E-state index in [1.54, 1.807) is 30.7 Å². The van der Waals surface area contributed by atoms with Crippen LogP contribution in [-0.2, 0) is 16.6 Å². The van der Waals surface area contributed by atoms with Crippen molar-refractivity contribution >= 4 is 27.0 Å². The Morgan fingerprint density at radius 1 is 1.19 bits per heavy atom. The Hall–Kier alpha value is -1.77. The maximum Gasteiger partial charge on any atom is 0.250 e. The van der Waals surface area contributed by atoms with Crippen molar-refractivity contribution in [3.05, 3.63) is 35.2 Å². The first-order valence-corrected chi connectivity index (χ1v) is 8.37. The standard InChI is InChI=1S/C13H16N2O4S2/c1-18-11-4-3-9(5-12(11)19-2)7-15-21(16,17)13-6-10(14)8-20-13/h3-6,8,15H,7,14H2,1-2H3. The molecule has 0 aliphatic rings. The molecule has 0 fully saturated rings. The van der Waals surface area contributed by atoms with Gasteiger partial charge in [-0.25, -0.2) is 13.1 Å². The smallest absolute Gasteiger partial charge is 0.250 e. The quantitative estimate of drug-likeness (QED) is 0.844. The zero-order valence-corrected chi connectivity index (χ0v) is 13.3. The number of nitrogens with one attached hydrogen (secondary N) is 1. The molecule has 0 unspecified atom stereocenters. The molecule has 0 bridgehead atoms. The minimum Gasteiger partial charge on any atom is -0.493 e. The van der Waals surface area contributed by atoms with Gasteiger partial charge in [0.25, 0.3) is 0 Å². The molecule has 0 spiro atoms. The summed E-state index contributed by atoms with van der Waals surface area (Å²) in [6.45, 7) is 0.153. The topological polar surface area (TPSA) is 90.7 Å². The van der Waals surface area contributed by atoms with Gasteiger partial charge in [0.1, 0.15) is 4.21 Å². The number of thiophene rings is 1. The van der Waals surface area contributed by atoms with Crippen molar-refractivity contribution in [2.45, 2.75) is 10.8 Å². The van der Waals surface area contributed by atoms with E-state index in [0.717, 1.165) is 16.9 Å². The van der Waals surface area contributed by atoms with Gasteiger partial charge in [0.15, 0.2) is 11.5 Å². The van der Waals surface area contributed by atoms with E-state index in [0.29, 0.717) is 17.2 Å². The van der Waals surface area contributed by atoms with Crippen LogP contribution in [0, 0.1) is 0 Å². The van der Waals surface area contributed by atoms with Crippen LogP contribution in [0.15, 0.2) is 33.9 Å². The monoisotopic (exact) mass is 328 g/mol. The van der Waals surface area contributed by atoms with Crippen LogP contribution in [0.25, 0.3) is 0 Å². The van der Waals surface area contributed by atoms with Crippen molar-refractivity contribution in [1.82, 2.24) is 4.72 Å². The largest absolute Gasteiger partial charge is 0.493 e. The molecule has 0 aliphatic carbocycles. The second kappa shape index (κ2) is 6.33. The molecule has 0 amide bonds. The molecule has 1 heterocycles. The van der Waals surface area contributed by atoms with Gasteiger partial charge >= 0.3 is 0 Å². The Labute approximate surface area is 127 Å². The molecule has 114 valence electrons. The Morgan fingerprint density at radius 2 is 1.90 bits per heavy atom. The van der Waals surface area contributed by atoms with Gasteiger partial charge in [0, 0.05) is 17.6 Å². The summed E-state index contributed by atoms with van der Waals surface area (Å²) in [5, 5.41) is 1.59. The Kier molecular flexibility index (Phi) is 4.71. The van der Waals surface area contributed by atoms with E-state index in [1.165, 1.54) is 13.2 Å². The summed E-state index contributed by atoms with van der Waals surface area (Å²) in [4.78, 5) is 0. The van der Waals surface area contributed by atoms with E-state index in [9.17, 15) is 8.42 Å². The first kappa shape index (κ1) is 15.6. The highest BCUT2D eigenvalue weighted by molar-refractivity contribution is 7.91. The zero-order chi connectivity index (χ0) is 15.5. The average molecular weight is 328 g/mol. The third kappa shape index (κ3) is 3.66. The predicted molar refractivity (Wildman–Crippen MR) is 82.3 cm³/mol. The van der Waals surface area contributed by atoms with E-state index in [-0.39, 0.29) is 10.8 Å². The van der Waals surface area contributed by atoms with Crippen molar-refractivity contribution in [1.29, 1.82) is 0 Å². The minimum absolute atomic E-state index is 0.153. The third-order valence-corrected chi connectivity index (χ3v) is 5.63. The van der Waals surface area contributed by atoms with Crippen LogP contribution in [0.4, 0.5) is 5.69 Å². The molecule has 6 nitrogen and oxygen atoms in total. The molecule has 8 heteroatoms. The van der Waals surface area contributed by atoms with E-state index in [1.807, 2.05) is 0 Å². The van der Waals surface area contributed by atoms with E-state index in [2.05, 4.69) is 4.72 Å². The summed E-state index contributed by atoms with van der Waals surface area (Å²) in [5.41, 5.74) is 6.74. The molecule has 2 aromatic rings. The number of methoxy groups -OCH3 is 2. The minimum atomic E-state index is -3.56. The maximum atomic E-state index is 12.1. The second-order valence-corrected chi connectivity index (χ2v) is 7.12. The van der Waals surface area contributed by atoms with Crippen molar-refractivity contribution in [3.63, 3.8) is 0 Å². The summed E-state index contributed by atoms with van der Waals surface area (Å²) in [5.74, 6) is 1.14. The highest BCUT2D eigenvalue weighted by Crippen LogP contribution is 2.28. The van der Waals surface area contributed by atoms with Crippen molar-refractivity contribution < 1.29 is 17.9 Å². The molecule has 0 aliphatic heterocycles. The van der Waals surface area contributed by atoms with Crippen LogP contribution >= 0.6 is 11.3 Å². The van der Waals surface area contributed by atoms with Gasteiger partial charge in [0.05, 0.1) is 14.2 Å². The molecule has 2 rings (SSSR count). The number of benzene rings is 1. The highest BCUT2D eigenvalue weighted by atomic mass is 32.2. The van der Waals surface area contributed by atoms with Crippen molar-refractivity contribution in [3.8, 4) is 11.5 Å². The predicted octanol–water partition coefficient (Wildman–Crippen LogP) is 1.83. The molecule has 1 aromatic heterocycles. The molecule has 0 atom stereocenters. The number of hydrogen-bond acceptors (Lipinski definition) is 6. The lowest BCUT2D eigenvalue weighted by Gasteiger charge is -2.10. The fourth-order valence-corrected chi connectivity index (χ4v) is 3.85. The van der Waals surface area contributed by atoms with Gasteiger partial charge < -0.3 is 15.2 Å². The number of hydrogen-bond donors (Lipinski definition) is 2. The van der Waals surface area contributed by atoms with Crippen LogP contribution in [0.1, 0.15) is 5.56 Å². The van der Waals surface area contributed by atoms with Crippen LogP contribution in [-0.4, -0.2) is 22.6 Å². The summed E-state index contributed by atoms with van der Waals surface area (Å²) in [6.07, 6.45) is 0. The van der Waals surface area contributed by atoms with Crippen LogP contribution in [0.2, 0.25) is 0 Å². The number of nitrogen functional groups attached to an aromatic ring is 1. The molecule has 0 saturated carbocycles. The molecular formula is C13H16N2O4S2. The molecule has 3 N–H and O–H groups in total. The molecule has 0 radical (unpaired) electrons. The van der Waals surface area contributed by atoms with Gasteiger partial charge in [-0.15, -0.1) is 11.3 Å². The molecular weight excluding hydrogens is 312 g/mol. The Morgan fingerprint density at radius 3 is 2.48 bits per heavy atom. The maximum absolute atomic E-state index is 12.1. The Bertz CT molecular complexity index is 726. The van der Waals surface area contributed by atoms with Crippen LogP contribution < -0.4 is 19.9 Å². The fraction of sp³-hybridized carbons (Fsp3) is 0.231. The van der Waals surface area contributed by atoms with Crippen LogP contribution in [0.5, 0.6) is 11.5 Å². The van der Waals surface area contributed by atoms with Crippen molar-refractivity contribution in [2.75, 3.05) is 20.0 Å². The van der Waals surface area contributed by atoms with E-state index in [4.69, 9.17) is 15.2 Å².